The summed E-state index contributed by atoms with van der Waals surface area (Å²) in [7, 11) is 0. The fourth-order valence-corrected chi connectivity index (χ4v) is 1.66. The van der Waals surface area contributed by atoms with E-state index in [1.807, 2.05) is 37.3 Å². The van der Waals surface area contributed by atoms with Gasteiger partial charge in [-0.05, 0) is 30.5 Å². The molecule has 18 heavy (non-hydrogen) atoms. The summed E-state index contributed by atoms with van der Waals surface area (Å²) in [5, 5.41) is 12.1. The smallest absolute Gasteiger partial charge is 0.222 e. The molecule has 0 bridgehead atoms. The molecule has 0 radical (unpaired) electrons. The molecule has 0 aliphatic rings. The third-order valence-electron chi connectivity index (χ3n) is 2.70. The Labute approximate surface area is 107 Å². The molecule has 0 spiro atoms. The summed E-state index contributed by atoms with van der Waals surface area (Å²) in [6.07, 6.45) is 2.66. The van der Waals surface area contributed by atoms with Crippen LogP contribution in [0.3, 0.4) is 0 Å². The third kappa shape index (κ3) is 3.53. The highest BCUT2D eigenvalue weighted by Crippen LogP contribution is 2.06. The number of aryl methyl sites for hydroxylation is 1. The maximum absolute atomic E-state index is 8.95. The molecule has 0 fully saturated rings. The quantitative estimate of drug-likeness (QED) is 0.842. The Bertz CT molecular complexity index is 497. The number of aliphatic hydroxyl groups excluding tert-OH is 1. The van der Waals surface area contributed by atoms with Crippen molar-refractivity contribution in [3.63, 3.8) is 0 Å². The first kappa shape index (κ1) is 12.5. The van der Waals surface area contributed by atoms with Crippen LogP contribution in [0.2, 0.25) is 0 Å². The van der Waals surface area contributed by atoms with Gasteiger partial charge in [0.05, 0.1) is 6.61 Å². The fourth-order valence-electron chi connectivity index (χ4n) is 1.66. The lowest BCUT2D eigenvalue weighted by atomic mass is 10.1. The minimum absolute atomic E-state index is 0.0929. The number of hydrogen-bond donors (Lipinski definition) is 2. The first-order chi connectivity index (χ1) is 8.78. The van der Waals surface area contributed by atoms with E-state index in [1.54, 1.807) is 6.20 Å². The number of nitrogens with one attached hydrogen (secondary N) is 1. The lowest BCUT2D eigenvalue weighted by molar-refractivity contribution is 0.282. The van der Waals surface area contributed by atoms with Crippen LogP contribution >= 0.6 is 0 Å². The van der Waals surface area contributed by atoms with Crippen molar-refractivity contribution in [2.24, 2.45) is 0 Å². The molecule has 0 saturated heterocycles. The average molecular weight is 243 g/mol. The highest BCUT2D eigenvalue weighted by atomic mass is 16.3. The van der Waals surface area contributed by atoms with Crippen LogP contribution in [0.25, 0.3) is 0 Å². The van der Waals surface area contributed by atoms with E-state index in [-0.39, 0.29) is 6.61 Å². The van der Waals surface area contributed by atoms with Crippen LogP contribution in [-0.4, -0.2) is 21.6 Å². The Balaban J connectivity index is 1.84. The number of benzene rings is 1. The van der Waals surface area contributed by atoms with Crippen molar-refractivity contribution in [1.82, 2.24) is 9.97 Å². The predicted octanol–water partition coefficient (Wildman–Crippen LogP) is 1.93. The Morgan fingerprint density at radius 3 is 2.50 bits per heavy atom. The highest BCUT2D eigenvalue weighted by molar-refractivity contribution is 5.27. The molecule has 0 saturated carbocycles. The van der Waals surface area contributed by atoms with Gasteiger partial charge in [-0.25, -0.2) is 9.97 Å². The zero-order valence-electron chi connectivity index (χ0n) is 10.4. The van der Waals surface area contributed by atoms with Crippen LogP contribution < -0.4 is 5.32 Å². The number of anilines is 1. The van der Waals surface area contributed by atoms with Crippen molar-refractivity contribution >= 4 is 5.95 Å². The van der Waals surface area contributed by atoms with Crippen LogP contribution in [0.15, 0.2) is 36.5 Å². The molecule has 0 amide bonds. The molecule has 94 valence electrons. The van der Waals surface area contributed by atoms with Crippen molar-refractivity contribution in [3.8, 4) is 0 Å². The number of hydrogen-bond acceptors (Lipinski definition) is 4. The molecule has 0 aliphatic carbocycles. The number of aromatic nitrogens is 2. The van der Waals surface area contributed by atoms with Crippen molar-refractivity contribution in [3.05, 3.63) is 53.3 Å². The van der Waals surface area contributed by atoms with Gasteiger partial charge in [0, 0.05) is 18.4 Å². The van der Waals surface area contributed by atoms with Crippen LogP contribution in [-0.2, 0) is 13.0 Å². The SMILES string of the molecule is Cc1ccnc(NCCc2ccc(CO)cc2)n1. The Hall–Kier alpha value is -1.94. The lowest BCUT2D eigenvalue weighted by Crippen LogP contribution is -2.08. The Morgan fingerprint density at radius 1 is 1.11 bits per heavy atom. The minimum Gasteiger partial charge on any atom is -0.392 e. The van der Waals surface area contributed by atoms with Crippen molar-refractivity contribution in [2.45, 2.75) is 20.0 Å². The normalized spacial score (nSPS) is 10.3. The third-order valence-corrected chi connectivity index (χ3v) is 2.70. The lowest BCUT2D eigenvalue weighted by Gasteiger charge is -2.05. The van der Waals surface area contributed by atoms with Crippen LogP contribution in [0, 0.1) is 6.92 Å². The van der Waals surface area contributed by atoms with E-state index in [0.717, 1.165) is 24.2 Å². The monoisotopic (exact) mass is 243 g/mol. The molecule has 2 aromatic rings. The summed E-state index contributed by atoms with van der Waals surface area (Å²) in [5.41, 5.74) is 3.13. The largest absolute Gasteiger partial charge is 0.392 e. The van der Waals surface area contributed by atoms with Gasteiger partial charge in [0.15, 0.2) is 0 Å². The topological polar surface area (TPSA) is 58.0 Å². The summed E-state index contributed by atoms with van der Waals surface area (Å²) in [5.74, 6) is 0.668. The molecule has 4 heteroatoms. The predicted molar refractivity (Wildman–Crippen MR) is 71.3 cm³/mol. The second-order valence-electron chi connectivity index (χ2n) is 4.17. The maximum Gasteiger partial charge on any atom is 0.222 e. The second-order valence-corrected chi connectivity index (χ2v) is 4.17. The second kappa shape index (κ2) is 6.12. The summed E-state index contributed by atoms with van der Waals surface area (Å²) in [4.78, 5) is 8.42. The summed E-state index contributed by atoms with van der Waals surface area (Å²) < 4.78 is 0. The molecule has 1 heterocycles. The summed E-state index contributed by atoms with van der Waals surface area (Å²) in [6, 6.07) is 9.82. The van der Waals surface area contributed by atoms with E-state index in [1.165, 1.54) is 5.56 Å². The molecule has 1 aromatic carbocycles. The van der Waals surface area contributed by atoms with Gasteiger partial charge in [-0.15, -0.1) is 0 Å². The van der Waals surface area contributed by atoms with Gasteiger partial charge in [-0.1, -0.05) is 24.3 Å². The molecular weight excluding hydrogens is 226 g/mol. The zero-order chi connectivity index (χ0) is 12.8. The highest BCUT2D eigenvalue weighted by Gasteiger charge is 1.97. The molecule has 2 N–H and O–H groups in total. The molecule has 0 atom stereocenters. The molecule has 2 rings (SSSR count). The van der Waals surface area contributed by atoms with Crippen molar-refractivity contribution in [1.29, 1.82) is 0 Å². The van der Waals surface area contributed by atoms with E-state index in [2.05, 4.69) is 15.3 Å². The van der Waals surface area contributed by atoms with E-state index >= 15 is 0 Å². The Morgan fingerprint density at radius 2 is 1.83 bits per heavy atom. The Kier molecular flexibility index (Phi) is 4.25. The van der Waals surface area contributed by atoms with Gasteiger partial charge in [0.1, 0.15) is 0 Å². The number of aliphatic hydroxyl groups is 1. The van der Waals surface area contributed by atoms with E-state index in [4.69, 9.17) is 5.11 Å². The van der Waals surface area contributed by atoms with Crippen molar-refractivity contribution < 1.29 is 5.11 Å². The number of nitrogens with zero attached hydrogens (tertiary/aromatic N) is 2. The van der Waals surface area contributed by atoms with Gasteiger partial charge in [-0.3, -0.25) is 0 Å². The van der Waals surface area contributed by atoms with E-state index in [0.29, 0.717) is 5.95 Å². The van der Waals surface area contributed by atoms with Gasteiger partial charge in [0.25, 0.3) is 0 Å². The summed E-state index contributed by atoms with van der Waals surface area (Å²) in [6.45, 7) is 2.83. The van der Waals surface area contributed by atoms with E-state index < -0.39 is 0 Å². The molecular formula is C14H17N3O. The molecule has 0 unspecified atom stereocenters. The van der Waals surface area contributed by atoms with Crippen molar-refractivity contribution in [2.75, 3.05) is 11.9 Å². The van der Waals surface area contributed by atoms with Crippen LogP contribution in [0.4, 0.5) is 5.95 Å². The maximum atomic E-state index is 8.95. The van der Waals surface area contributed by atoms with E-state index in [9.17, 15) is 0 Å². The van der Waals surface area contributed by atoms with Gasteiger partial charge < -0.3 is 10.4 Å². The average Bonchev–Trinajstić information content (AvgIpc) is 2.40. The number of rotatable bonds is 5. The van der Waals surface area contributed by atoms with Crippen LogP contribution in [0.5, 0.6) is 0 Å². The zero-order valence-corrected chi connectivity index (χ0v) is 10.4. The van der Waals surface area contributed by atoms with Gasteiger partial charge >= 0.3 is 0 Å². The van der Waals surface area contributed by atoms with Gasteiger partial charge in [0.2, 0.25) is 5.95 Å². The standard InChI is InChI=1S/C14H17N3O/c1-11-6-8-15-14(17-11)16-9-7-12-2-4-13(10-18)5-3-12/h2-6,8,18H,7,9-10H2,1H3,(H,15,16,17). The van der Waals surface area contributed by atoms with Gasteiger partial charge in [-0.2, -0.15) is 0 Å². The first-order valence-electron chi connectivity index (χ1n) is 6.00. The molecule has 4 nitrogen and oxygen atoms in total. The fraction of sp³-hybridized carbons (Fsp3) is 0.286. The molecule has 1 aromatic heterocycles. The summed E-state index contributed by atoms with van der Waals surface area (Å²) >= 11 is 0. The first-order valence-corrected chi connectivity index (χ1v) is 6.00. The van der Waals surface area contributed by atoms with Crippen LogP contribution in [0.1, 0.15) is 16.8 Å². The molecule has 0 aliphatic heterocycles. The minimum atomic E-state index is 0.0929.